The standard InChI is InChI=1S/C28H29N3O7S2/c1-36-28-23(30-27(38-28)24-7-4-16-39-24)14-15-37-21-11-8-19(9-12-21)17-31(18-26(32)33)40(34,35)25-13-10-20-5-2-3-6-22(20)29-25/h2-9,11-12,16,25,29H,10,13-15,17-18H2,1H3,(H,32,33). The third-order valence-corrected chi connectivity index (χ3v) is 9.42. The second-order valence-corrected chi connectivity index (χ2v) is 12.3. The number of thiophene rings is 1. The van der Waals surface area contributed by atoms with E-state index in [2.05, 4.69) is 10.3 Å². The minimum atomic E-state index is -3.95. The zero-order chi connectivity index (χ0) is 28.1. The number of ether oxygens (including phenoxy) is 2. The Kier molecular flexibility index (Phi) is 8.38. The number of hydrogen-bond donors (Lipinski definition) is 2. The lowest BCUT2D eigenvalue weighted by molar-refractivity contribution is -0.137. The van der Waals surface area contributed by atoms with Crippen LogP contribution >= 0.6 is 11.3 Å². The number of fused-ring (bicyclic) bond motifs is 1. The molecule has 0 bridgehead atoms. The van der Waals surface area contributed by atoms with E-state index in [1.807, 2.05) is 41.8 Å². The Bertz CT molecular complexity index is 1550. The Morgan fingerprint density at radius 2 is 1.98 bits per heavy atom. The van der Waals surface area contributed by atoms with E-state index in [1.165, 1.54) is 18.4 Å². The summed E-state index contributed by atoms with van der Waals surface area (Å²) in [6.45, 7) is -0.385. The van der Waals surface area contributed by atoms with Crippen LogP contribution in [0.4, 0.5) is 5.69 Å². The minimum Gasteiger partial charge on any atom is -0.493 e. The molecule has 2 aromatic heterocycles. The van der Waals surface area contributed by atoms with Gasteiger partial charge in [0.05, 0.1) is 18.6 Å². The van der Waals surface area contributed by atoms with Crippen LogP contribution in [0.15, 0.2) is 70.5 Å². The first kappa shape index (κ1) is 27.7. The van der Waals surface area contributed by atoms with Crippen LogP contribution in [0.1, 0.15) is 23.2 Å². The smallest absolute Gasteiger partial charge is 0.318 e. The normalized spacial score (nSPS) is 14.9. The van der Waals surface area contributed by atoms with Crippen molar-refractivity contribution >= 4 is 33.0 Å². The zero-order valence-electron chi connectivity index (χ0n) is 21.8. The average molecular weight is 584 g/mol. The van der Waals surface area contributed by atoms with Crippen LogP contribution < -0.4 is 14.8 Å². The maximum Gasteiger partial charge on any atom is 0.318 e. The van der Waals surface area contributed by atoms with Crippen LogP contribution in [0.3, 0.4) is 0 Å². The SMILES string of the molecule is COc1oc(-c2cccs2)nc1CCOc1ccc(CN(CC(=O)O)S(=O)(=O)C2CCc3ccccc3N2)cc1. The van der Waals surface area contributed by atoms with Gasteiger partial charge in [0, 0.05) is 18.7 Å². The van der Waals surface area contributed by atoms with Gasteiger partial charge in [0.25, 0.3) is 0 Å². The summed E-state index contributed by atoms with van der Waals surface area (Å²) in [7, 11) is -2.43. The lowest BCUT2D eigenvalue weighted by Gasteiger charge is -2.31. The number of carbonyl (C=O) groups is 1. The summed E-state index contributed by atoms with van der Waals surface area (Å²) >= 11 is 1.52. The summed E-state index contributed by atoms with van der Waals surface area (Å²) in [5.41, 5.74) is 3.09. The number of sulfonamides is 1. The molecule has 0 saturated heterocycles. The first-order chi connectivity index (χ1) is 19.3. The Morgan fingerprint density at radius 3 is 2.70 bits per heavy atom. The van der Waals surface area contributed by atoms with E-state index in [9.17, 15) is 18.3 Å². The molecule has 12 heteroatoms. The molecule has 0 aliphatic carbocycles. The monoisotopic (exact) mass is 583 g/mol. The van der Waals surface area contributed by atoms with E-state index in [0.717, 1.165) is 20.4 Å². The number of nitrogens with one attached hydrogen (secondary N) is 1. The predicted octanol–water partition coefficient (Wildman–Crippen LogP) is 4.63. The van der Waals surface area contributed by atoms with Crippen LogP contribution in [0.25, 0.3) is 10.8 Å². The van der Waals surface area contributed by atoms with Crippen LogP contribution in [0, 0.1) is 0 Å². The van der Waals surface area contributed by atoms with Crippen molar-refractivity contribution < 1.29 is 32.2 Å². The van der Waals surface area contributed by atoms with Gasteiger partial charge in [-0.25, -0.2) is 13.4 Å². The maximum absolute atomic E-state index is 13.5. The number of para-hydroxylation sites is 1. The predicted molar refractivity (Wildman–Crippen MR) is 151 cm³/mol. The fourth-order valence-electron chi connectivity index (χ4n) is 4.52. The van der Waals surface area contributed by atoms with Gasteiger partial charge in [-0.3, -0.25) is 4.79 Å². The lowest BCUT2D eigenvalue weighted by atomic mass is 10.0. The number of hydrogen-bond acceptors (Lipinski definition) is 9. The van der Waals surface area contributed by atoms with Crippen molar-refractivity contribution in [3.05, 3.63) is 82.9 Å². The summed E-state index contributed by atoms with van der Waals surface area (Å²) in [6.07, 6.45) is 1.41. The first-order valence-corrected chi connectivity index (χ1v) is 15.1. The molecular formula is C28H29N3O7S2. The van der Waals surface area contributed by atoms with Gasteiger partial charge in [0.15, 0.2) is 0 Å². The number of aryl methyl sites for hydroxylation is 1. The van der Waals surface area contributed by atoms with Crippen molar-refractivity contribution in [3.8, 4) is 22.5 Å². The molecule has 2 N–H and O–H groups in total. The molecule has 0 fully saturated rings. The van der Waals surface area contributed by atoms with Crippen molar-refractivity contribution in [3.63, 3.8) is 0 Å². The molecule has 0 spiro atoms. The Labute approximate surface area is 236 Å². The number of anilines is 1. The lowest BCUT2D eigenvalue weighted by Crippen LogP contribution is -2.45. The van der Waals surface area contributed by atoms with E-state index in [-0.39, 0.29) is 6.54 Å². The van der Waals surface area contributed by atoms with Crippen molar-refractivity contribution in [2.75, 3.05) is 25.6 Å². The number of methoxy groups -OCH3 is 1. The fourth-order valence-corrected chi connectivity index (χ4v) is 6.84. The van der Waals surface area contributed by atoms with Crippen LogP contribution in [0.2, 0.25) is 0 Å². The highest BCUT2D eigenvalue weighted by molar-refractivity contribution is 7.89. The highest BCUT2D eigenvalue weighted by Gasteiger charge is 2.35. The zero-order valence-corrected chi connectivity index (χ0v) is 23.4. The molecule has 1 aliphatic heterocycles. The molecule has 10 nitrogen and oxygen atoms in total. The van der Waals surface area contributed by atoms with Crippen molar-refractivity contribution in [1.82, 2.24) is 9.29 Å². The van der Waals surface area contributed by atoms with Crippen molar-refractivity contribution in [2.24, 2.45) is 0 Å². The quantitative estimate of drug-likeness (QED) is 0.245. The second-order valence-electron chi connectivity index (χ2n) is 9.21. The molecule has 3 heterocycles. The van der Waals surface area contributed by atoms with E-state index < -0.39 is 27.9 Å². The van der Waals surface area contributed by atoms with E-state index in [1.54, 1.807) is 24.3 Å². The second kappa shape index (κ2) is 12.1. The number of rotatable bonds is 12. The fraction of sp³-hybridized carbons (Fsp3) is 0.286. The van der Waals surface area contributed by atoms with E-state index in [0.29, 0.717) is 54.7 Å². The number of nitrogens with zero attached hydrogens (tertiary/aromatic N) is 2. The topological polar surface area (TPSA) is 131 Å². The highest BCUT2D eigenvalue weighted by atomic mass is 32.2. The number of aliphatic carboxylic acids is 1. The Balaban J connectivity index is 1.21. The minimum absolute atomic E-state index is 0.0730. The van der Waals surface area contributed by atoms with E-state index >= 15 is 0 Å². The van der Waals surface area contributed by atoms with Gasteiger partial charge in [0.2, 0.25) is 15.9 Å². The Hall–Kier alpha value is -3.87. The van der Waals surface area contributed by atoms with Crippen LogP contribution in [0.5, 0.6) is 11.7 Å². The summed E-state index contributed by atoms with van der Waals surface area (Å²) in [5, 5.41) is 13.6. The number of carboxylic acids is 1. The summed E-state index contributed by atoms with van der Waals surface area (Å²) in [6, 6.07) is 18.3. The summed E-state index contributed by atoms with van der Waals surface area (Å²) < 4.78 is 44.8. The molecule has 0 saturated carbocycles. The molecule has 1 atom stereocenters. The average Bonchev–Trinajstić information content (AvgIpc) is 3.63. The molecule has 5 rings (SSSR count). The molecule has 0 radical (unpaired) electrons. The van der Waals surface area contributed by atoms with Gasteiger partial charge >= 0.3 is 11.9 Å². The van der Waals surface area contributed by atoms with Gasteiger partial charge in [0.1, 0.15) is 23.4 Å². The summed E-state index contributed by atoms with van der Waals surface area (Å²) in [5.74, 6) is 0.214. The molecule has 2 aromatic carbocycles. The van der Waals surface area contributed by atoms with Gasteiger partial charge in [-0.2, -0.15) is 4.31 Å². The molecule has 1 unspecified atom stereocenters. The van der Waals surface area contributed by atoms with E-state index in [4.69, 9.17) is 13.9 Å². The number of benzene rings is 2. The Morgan fingerprint density at radius 1 is 1.18 bits per heavy atom. The van der Waals surface area contributed by atoms with Gasteiger partial charge in [-0.05, 0) is 53.6 Å². The number of aromatic nitrogens is 1. The molecule has 40 heavy (non-hydrogen) atoms. The summed E-state index contributed by atoms with van der Waals surface area (Å²) in [4.78, 5) is 17.0. The molecule has 210 valence electrons. The third kappa shape index (κ3) is 6.30. The van der Waals surface area contributed by atoms with Crippen molar-refractivity contribution in [2.45, 2.75) is 31.2 Å². The molecule has 4 aromatic rings. The van der Waals surface area contributed by atoms with Crippen LogP contribution in [-0.4, -0.2) is 54.4 Å². The van der Waals surface area contributed by atoms with Gasteiger partial charge < -0.3 is 24.3 Å². The third-order valence-electron chi connectivity index (χ3n) is 6.51. The van der Waals surface area contributed by atoms with Gasteiger partial charge in [-0.15, -0.1) is 11.3 Å². The van der Waals surface area contributed by atoms with Gasteiger partial charge in [-0.1, -0.05) is 36.4 Å². The molecule has 1 aliphatic rings. The first-order valence-electron chi connectivity index (χ1n) is 12.7. The van der Waals surface area contributed by atoms with Crippen LogP contribution in [-0.2, 0) is 34.2 Å². The largest absolute Gasteiger partial charge is 0.493 e. The number of oxazole rings is 1. The molecule has 0 amide bonds. The van der Waals surface area contributed by atoms with Crippen molar-refractivity contribution in [1.29, 1.82) is 0 Å². The highest BCUT2D eigenvalue weighted by Crippen LogP contribution is 2.31. The molecular weight excluding hydrogens is 554 g/mol. The number of carboxylic acid groups (broad SMARTS) is 1. The maximum atomic E-state index is 13.5.